The van der Waals surface area contributed by atoms with Crippen molar-refractivity contribution in [2.24, 2.45) is 11.3 Å². The molecule has 2 nitrogen and oxygen atoms in total. The number of nitrogens with zero attached hydrogens (tertiary/aromatic N) is 2. The van der Waals surface area contributed by atoms with Gasteiger partial charge in [-0.2, -0.15) is 0 Å². The van der Waals surface area contributed by atoms with Gasteiger partial charge in [0.25, 0.3) is 0 Å². The maximum Gasteiger partial charge on any atom is 0.128 e. The summed E-state index contributed by atoms with van der Waals surface area (Å²) in [5.74, 6) is -2.46. The van der Waals surface area contributed by atoms with E-state index >= 15 is 0 Å². The summed E-state index contributed by atoms with van der Waals surface area (Å²) in [7, 11) is 0. The van der Waals surface area contributed by atoms with E-state index in [4.69, 9.17) is 0 Å². The molecule has 0 amide bonds. The fourth-order valence-electron chi connectivity index (χ4n) is 8.14. The molecule has 5 aromatic rings. The van der Waals surface area contributed by atoms with E-state index in [1.807, 2.05) is 12.1 Å². The number of aryl methyl sites for hydroxylation is 2. The van der Waals surface area contributed by atoms with Crippen LogP contribution in [0.1, 0.15) is 37.8 Å². The van der Waals surface area contributed by atoms with Crippen LogP contribution in [0.3, 0.4) is 0 Å². The zero-order valence-electron chi connectivity index (χ0n) is 24.7. The molecule has 3 unspecified atom stereocenters. The standard InChI is InChI=1S/C38H32F4N2/c1-22-4-3-5-35-38(22,2)14-15-43(35)33-12-8-23-7-11-32-34(13-9-24-6-10-31(33)36(23)37(24)32)44(29-18-25(39)16-26(40)19-29)30-20-27(41)17-28(42)21-30/h3,5-6,8-10,12-13,16-22,35H,4,7,11,14-15H2,1-2H3. The van der Waals surface area contributed by atoms with E-state index in [-0.39, 0.29) is 16.8 Å². The van der Waals surface area contributed by atoms with Crippen LogP contribution in [0.2, 0.25) is 0 Å². The number of hydrogen-bond donors (Lipinski definition) is 0. The van der Waals surface area contributed by atoms with Crippen LogP contribution in [0.4, 0.5) is 40.3 Å². The van der Waals surface area contributed by atoms with E-state index in [1.165, 1.54) is 46.3 Å². The van der Waals surface area contributed by atoms with Crippen LogP contribution in [-0.2, 0) is 12.8 Å². The fraction of sp³-hybridized carbons (Fsp3) is 0.263. The van der Waals surface area contributed by atoms with Crippen molar-refractivity contribution >= 4 is 44.3 Å². The van der Waals surface area contributed by atoms with Gasteiger partial charge in [0.15, 0.2) is 0 Å². The molecule has 0 radical (unpaired) electrons. The van der Waals surface area contributed by atoms with Crippen LogP contribution in [0.25, 0.3) is 21.5 Å². The van der Waals surface area contributed by atoms with Gasteiger partial charge in [0, 0.05) is 35.4 Å². The number of benzene rings is 5. The Balaban J connectivity index is 1.37. The Hall–Kier alpha value is -4.32. The Kier molecular flexibility index (Phi) is 6.10. The van der Waals surface area contributed by atoms with Crippen LogP contribution in [0.15, 0.2) is 84.9 Å². The number of halogens is 4. The van der Waals surface area contributed by atoms with Crippen LogP contribution in [0.5, 0.6) is 0 Å². The van der Waals surface area contributed by atoms with Crippen LogP contribution in [-0.4, -0.2) is 12.6 Å². The largest absolute Gasteiger partial charge is 0.364 e. The quantitative estimate of drug-likeness (QED) is 0.116. The third kappa shape index (κ3) is 4.06. The Labute approximate surface area is 254 Å². The van der Waals surface area contributed by atoms with Gasteiger partial charge in [-0.3, -0.25) is 0 Å². The topological polar surface area (TPSA) is 6.48 Å². The molecule has 1 fully saturated rings. The maximum absolute atomic E-state index is 14.6. The Morgan fingerprint density at radius 3 is 2.11 bits per heavy atom. The molecule has 0 spiro atoms. The highest BCUT2D eigenvalue weighted by Crippen LogP contribution is 2.52. The van der Waals surface area contributed by atoms with Gasteiger partial charge in [-0.05, 0) is 101 Å². The van der Waals surface area contributed by atoms with Crippen molar-refractivity contribution in [3.8, 4) is 0 Å². The molecular formula is C38H32F4N2. The van der Waals surface area contributed by atoms with Gasteiger partial charge in [0.2, 0.25) is 0 Å². The molecule has 44 heavy (non-hydrogen) atoms. The van der Waals surface area contributed by atoms with Crippen molar-refractivity contribution in [1.82, 2.24) is 0 Å². The number of anilines is 4. The minimum absolute atomic E-state index is 0.157. The molecule has 3 aliphatic rings. The number of fused-ring (bicyclic) bond motifs is 1. The molecule has 6 heteroatoms. The summed E-state index contributed by atoms with van der Waals surface area (Å²) in [4.78, 5) is 4.13. The molecule has 8 rings (SSSR count). The van der Waals surface area contributed by atoms with E-state index < -0.39 is 23.3 Å². The molecule has 1 saturated heterocycles. The summed E-state index contributed by atoms with van der Waals surface area (Å²) in [6.45, 7) is 5.77. The van der Waals surface area contributed by atoms with E-state index in [1.54, 1.807) is 4.90 Å². The average molecular weight is 593 g/mol. The summed E-state index contributed by atoms with van der Waals surface area (Å²) in [5, 5.41) is 4.50. The van der Waals surface area contributed by atoms with Crippen LogP contribution >= 0.6 is 0 Å². The molecule has 2 aliphatic carbocycles. The SMILES string of the molecule is CC1CC=CC2N(c3ccc4c5c3ccc3ccc(N(c6cc(F)cc(F)c6)c6cc(F)cc(F)c6)c(c35)CC4)CCC12C. The lowest BCUT2D eigenvalue weighted by Gasteiger charge is -2.41. The smallest absolute Gasteiger partial charge is 0.128 e. The highest BCUT2D eigenvalue weighted by Gasteiger charge is 2.47. The van der Waals surface area contributed by atoms with Gasteiger partial charge < -0.3 is 9.80 Å². The zero-order valence-corrected chi connectivity index (χ0v) is 24.7. The Morgan fingerprint density at radius 2 is 1.43 bits per heavy atom. The van der Waals surface area contributed by atoms with Gasteiger partial charge in [0.1, 0.15) is 23.3 Å². The first-order valence-corrected chi connectivity index (χ1v) is 15.4. The van der Waals surface area contributed by atoms with Gasteiger partial charge in [0.05, 0.1) is 17.4 Å². The third-order valence-corrected chi connectivity index (χ3v) is 10.6. The molecule has 1 aliphatic heterocycles. The van der Waals surface area contributed by atoms with Gasteiger partial charge >= 0.3 is 0 Å². The minimum Gasteiger partial charge on any atom is -0.364 e. The van der Waals surface area contributed by atoms with E-state index in [0.717, 1.165) is 54.3 Å². The molecular weight excluding hydrogens is 560 g/mol. The highest BCUT2D eigenvalue weighted by molar-refractivity contribution is 6.16. The second-order valence-corrected chi connectivity index (χ2v) is 12.9. The molecule has 0 bridgehead atoms. The van der Waals surface area contributed by atoms with E-state index in [2.05, 4.69) is 55.2 Å². The van der Waals surface area contributed by atoms with E-state index in [9.17, 15) is 17.6 Å². The van der Waals surface area contributed by atoms with Crippen LogP contribution in [0, 0.1) is 34.6 Å². The van der Waals surface area contributed by atoms with Gasteiger partial charge in [-0.25, -0.2) is 17.6 Å². The average Bonchev–Trinajstić information content (AvgIpc) is 3.34. The van der Waals surface area contributed by atoms with Crippen molar-refractivity contribution < 1.29 is 17.6 Å². The monoisotopic (exact) mass is 592 g/mol. The lowest BCUT2D eigenvalue weighted by Crippen LogP contribution is -2.42. The lowest BCUT2D eigenvalue weighted by molar-refractivity contribution is 0.194. The van der Waals surface area contributed by atoms with Gasteiger partial charge in [-0.15, -0.1) is 0 Å². The second kappa shape index (κ2) is 9.85. The number of allylic oxidation sites excluding steroid dienone is 1. The first-order valence-electron chi connectivity index (χ1n) is 15.4. The third-order valence-electron chi connectivity index (χ3n) is 10.6. The molecule has 0 saturated carbocycles. The normalized spacial score (nSPS) is 22.3. The summed E-state index contributed by atoms with van der Waals surface area (Å²) in [6.07, 6.45) is 8.41. The Bertz CT molecular complexity index is 1920. The molecule has 0 aromatic heterocycles. The summed E-state index contributed by atoms with van der Waals surface area (Å²) in [6, 6.07) is 19.5. The van der Waals surface area contributed by atoms with Crippen molar-refractivity contribution in [2.45, 2.75) is 45.6 Å². The van der Waals surface area contributed by atoms with Crippen molar-refractivity contribution in [3.63, 3.8) is 0 Å². The predicted octanol–water partition coefficient (Wildman–Crippen LogP) is 10.3. The second-order valence-electron chi connectivity index (χ2n) is 12.9. The summed E-state index contributed by atoms with van der Waals surface area (Å²) < 4.78 is 58.3. The molecule has 222 valence electrons. The first-order chi connectivity index (χ1) is 21.2. The van der Waals surface area contributed by atoms with E-state index in [0.29, 0.717) is 24.1 Å². The number of hydrogen-bond acceptors (Lipinski definition) is 2. The molecule has 3 atom stereocenters. The maximum atomic E-state index is 14.6. The number of rotatable bonds is 4. The first kappa shape index (κ1) is 27.2. The Morgan fingerprint density at radius 1 is 0.773 bits per heavy atom. The van der Waals surface area contributed by atoms with Crippen molar-refractivity contribution in [3.05, 3.63) is 119 Å². The lowest BCUT2D eigenvalue weighted by atomic mass is 9.68. The van der Waals surface area contributed by atoms with Crippen molar-refractivity contribution in [1.29, 1.82) is 0 Å². The summed E-state index contributed by atoms with van der Waals surface area (Å²) >= 11 is 0. The minimum atomic E-state index is -0.766. The fourth-order valence-corrected chi connectivity index (χ4v) is 8.14. The predicted molar refractivity (Wildman–Crippen MR) is 170 cm³/mol. The molecule has 1 heterocycles. The van der Waals surface area contributed by atoms with Gasteiger partial charge in [-0.1, -0.05) is 50.3 Å². The molecule has 5 aromatic carbocycles. The molecule has 0 N–H and O–H groups in total. The van der Waals surface area contributed by atoms with Crippen LogP contribution < -0.4 is 9.80 Å². The highest BCUT2D eigenvalue weighted by atomic mass is 19.1. The zero-order chi connectivity index (χ0) is 30.3. The van der Waals surface area contributed by atoms with Crippen molar-refractivity contribution in [2.75, 3.05) is 16.3 Å². The summed E-state index contributed by atoms with van der Waals surface area (Å²) in [5.41, 5.74) is 4.64.